The Bertz CT molecular complexity index is 1340. The van der Waals surface area contributed by atoms with Gasteiger partial charge in [0.25, 0.3) is 5.91 Å². The second-order valence-electron chi connectivity index (χ2n) is 8.05. The first-order valence-electron chi connectivity index (χ1n) is 10.8. The summed E-state index contributed by atoms with van der Waals surface area (Å²) in [4.78, 5) is 24.2. The fourth-order valence-electron chi connectivity index (χ4n) is 3.91. The minimum Gasteiger partial charge on any atom is -0.480 e. The third kappa shape index (κ3) is 5.04. The van der Waals surface area contributed by atoms with Crippen molar-refractivity contribution in [2.24, 2.45) is 5.73 Å². The first-order valence-corrected chi connectivity index (χ1v) is 12.3. The molecule has 178 valence electrons. The van der Waals surface area contributed by atoms with Gasteiger partial charge in [0.15, 0.2) is 6.10 Å². The number of rotatable bonds is 9. The SMILES string of the molecule is NCCC[C@H]1Oc2ccc(C[C@H](NS(=O)(=O)c3cccc4ccccc34)C(=O)O)cc2NC1=O. The van der Waals surface area contributed by atoms with Crippen LogP contribution >= 0.6 is 0 Å². The zero-order valence-electron chi connectivity index (χ0n) is 18.2. The fourth-order valence-corrected chi connectivity index (χ4v) is 5.33. The Hall–Kier alpha value is -3.47. The van der Waals surface area contributed by atoms with Gasteiger partial charge in [-0.3, -0.25) is 9.59 Å². The minimum atomic E-state index is -4.13. The molecule has 0 aromatic heterocycles. The molecule has 2 atom stereocenters. The van der Waals surface area contributed by atoms with Crippen LogP contribution in [0.3, 0.4) is 0 Å². The summed E-state index contributed by atoms with van der Waals surface area (Å²) in [6, 6.07) is 15.3. The molecule has 1 amide bonds. The zero-order chi connectivity index (χ0) is 24.3. The quantitative estimate of drug-likeness (QED) is 0.365. The zero-order valence-corrected chi connectivity index (χ0v) is 19.0. The van der Waals surface area contributed by atoms with Crippen molar-refractivity contribution in [2.45, 2.75) is 36.3 Å². The number of nitrogens with two attached hydrogens (primary N) is 1. The summed E-state index contributed by atoms with van der Waals surface area (Å²) in [7, 11) is -4.13. The normalized spacial score (nSPS) is 16.4. The molecule has 0 saturated heterocycles. The average molecular weight is 484 g/mol. The Morgan fingerprint density at radius 3 is 2.68 bits per heavy atom. The number of carbonyl (C=O) groups is 2. The Kier molecular flexibility index (Phi) is 6.82. The third-order valence-electron chi connectivity index (χ3n) is 5.61. The van der Waals surface area contributed by atoms with E-state index in [0.717, 1.165) is 5.39 Å². The molecule has 0 aliphatic carbocycles. The molecule has 0 saturated carbocycles. The van der Waals surface area contributed by atoms with E-state index in [1.807, 2.05) is 0 Å². The van der Waals surface area contributed by atoms with Crippen molar-refractivity contribution in [3.63, 3.8) is 0 Å². The molecule has 1 aliphatic heterocycles. The van der Waals surface area contributed by atoms with Gasteiger partial charge in [0.05, 0.1) is 10.6 Å². The van der Waals surface area contributed by atoms with E-state index in [1.54, 1.807) is 54.6 Å². The van der Waals surface area contributed by atoms with E-state index in [-0.39, 0.29) is 17.2 Å². The lowest BCUT2D eigenvalue weighted by molar-refractivity contribution is -0.139. The number of carbonyl (C=O) groups excluding carboxylic acids is 1. The minimum absolute atomic E-state index is 0.00600. The van der Waals surface area contributed by atoms with Crippen LogP contribution in [0.15, 0.2) is 65.6 Å². The average Bonchev–Trinajstić information content (AvgIpc) is 2.81. The van der Waals surface area contributed by atoms with E-state index in [2.05, 4.69) is 10.0 Å². The molecule has 0 radical (unpaired) electrons. The van der Waals surface area contributed by atoms with E-state index in [0.29, 0.717) is 41.8 Å². The maximum atomic E-state index is 13.1. The summed E-state index contributed by atoms with van der Waals surface area (Å²) in [6.45, 7) is 0.449. The van der Waals surface area contributed by atoms with Crippen molar-refractivity contribution in [2.75, 3.05) is 11.9 Å². The molecule has 0 fully saturated rings. The summed E-state index contributed by atoms with van der Waals surface area (Å²) < 4.78 is 34.2. The Balaban J connectivity index is 1.55. The highest BCUT2D eigenvalue weighted by Gasteiger charge is 2.29. The van der Waals surface area contributed by atoms with Crippen molar-refractivity contribution in [1.82, 2.24) is 4.72 Å². The van der Waals surface area contributed by atoms with Gasteiger partial charge < -0.3 is 20.9 Å². The Labute approximate surface area is 197 Å². The predicted octanol–water partition coefficient (Wildman–Crippen LogP) is 2.25. The van der Waals surface area contributed by atoms with Gasteiger partial charge in [-0.15, -0.1) is 0 Å². The fraction of sp³-hybridized carbons (Fsp3) is 0.250. The maximum absolute atomic E-state index is 13.1. The smallest absolute Gasteiger partial charge is 0.322 e. The number of ether oxygens (including phenoxy) is 1. The molecular formula is C24H25N3O6S. The Morgan fingerprint density at radius 1 is 1.15 bits per heavy atom. The van der Waals surface area contributed by atoms with E-state index < -0.39 is 28.1 Å². The van der Waals surface area contributed by atoms with Crippen molar-refractivity contribution in [1.29, 1.82) is 0 Å². The van der Waals surface area contributed by atoms with Crippen LogP contribution in [0, 0.1) is 0 Å². The van der Waals surface area contributed by atoms with Gasteiger partial charge >= 0.3 is 5.97 Å². The highest BCUT2D eigenvalue weighted by molar-refractivity contribution is 7.89. The maximum Gasteiger partial charge on any atom is 0.322 e. The molecule has 0 spiro atoms. The summed E-state index contributed by atoms with van der Waals surface area (Å²) in [6.07, 6.45) is 0.364. The third-order valence-corrected chi connectivity index (χ3v) is 7.14. The summed E-state index contributed by atoms with van der Waals surface area (Å²) in [5, 5.41) is 13.7. The number of sulfonamides is 1. The molecule has 1 aliphatic rings. The Morgan fingerprint density at radius 2 is 1.91 bits per heavy atom. The van der Waals surface area contributed by atoms with Crippen LogP contribution in [0.5, 0.6) is 5.75 Å². The lowest BCUT2D eigenvalue weighted by Gasteiger charge is -2.26. The van der Waals surface area contributed by atoms with Crippen LogP contribution in [0.25, 0.3) is 10.8 Å². The molecule has 10 heteroatoms. The molecule has 4 rings (SSSR count). The van der Waals surface area contributed by atoms with Crippen LogP contribution < -0.4 is 20.5 Å². The standard InChI is InChI=1S/C24H25N3O6S/c25-12-4-8-21-23(28)26-18-13-15(10-11-20(18)33-21)14-19(24(29)30)27-34(31,32)22-9-3-6-16-5-1-2-7-17(16)22/h1-3,5-7,9-11,13,19,21,27H,4,8,12,14,25H2,(H,26,28)(H,29,30)/t19-,21+/m0/s1. The van der Waals surface area contributed by atoms with Gasteiger partial charge in [-0.05, 0) is 55.0 Å². The van der Waals surface area contributed by atoms with Gasteiger partial charge in [0.1, 0.15) is 11.8 Å². The van der Waals surface area contributed by atoms with E-state index >= 15 is 0 Å². The van der Waals surface area contributed by atoms with Crippen molar-refractivity contribution in [3.05, 3.63) is 66.2 Å². The molecule has 3 aromatic rings. The number of hydrogen-bond acceptors (Lipinski definition) is 6. The second kappa shape index (κ2) is 9.80. The van der Waals surface area contributed by atoms with Crippen LogP contribution in [-0.2, 0) is 26.0 Å². The molecule has 0 unspecified atom stereocenters. The van der Waals surface area contributed by atoms with Crippen LogP contribution in [-0.4, -0.2) is 44.1 Å². The molecule has 5 N–H and O–H groups in total. The molecule has 1 heterocycles. The number of nitrogens with one attached hydrogen (secondary N) is 2. The number of fused-ring (bicyclic) bond motifs is 2. The van der Waals surface area contributed by atoms with Crippen LogP contribution in [0.2, 0.25) is 0 Å². The van der Waals surface area contributed by atoms with Crippen LogP contribution in [0.4, 0.5) is 5.69 Å². The van der Waals surface area contributed by atoms with Crippen molar-refractivity contribution in [3.8, 4) is 5.75 Å². The first kappa shape index (κ1) is 23.7. The van der Waals surface area contributed by atoms with Crippen molar-refractivity contribution < 1.29 is 27.9 Å². The first-order chi connectivity index (χ1) is 16.3. The second-order valence-corrected chi connectivity index (χ2v) is 9.73. The number of benzene rings is 3. The highest BCUT2D eigenvalue weighted by Crippen LogP contribution is 2.32. The molecular weight excluding hydrogens is 458 g/mol. The lowest BCUT2D eigenvalue weighted by Crippen LogP contribution is -2.42. The molecule has 34 heavy (non-hydrogen) atoms. The molecule has 9 nitrogen and oxygen atoms in total. The summed E-state index contributed by atoms with van der Waals surface area (Å²) >= 11 is 0. The molecule has 0 bridgehead atoms. The molecule has 3 aromatic carbocycles. The summed E-state index contributed by atoms with van der Waals surface area (Å²) in [5.41, 5.74) is 6.43. The lowest BCUT2D eigenvalue weighted by atomic mass is 10.0. The van der Waals surface area contributed by atoms with E-state index in [4.69, 9.17) is 10.5 Å². The van der Waals surface area contributed by atoms with Gasteiger partial charge in [0.2, 0.25) is 10.0 Å². The van der Waals surface area contributed by atoms with Gasteiger partial charge in [-0.2, -0.15) is 4.72 Å². The predicted molar refractivity (Wildman–Crippen MR) is 127 cm³/mol. The van der Waals surface area contributed by atoms with Gasteiger partial charge in [0, 0.05) is 5.39 Å². The van der Waals surface area contributed by atoms with Crippen LogP contribution in [0.1, 0.15) is 18.4 Å². The van der Waals surface area contributed by atoms with Crippen molar-refractivity contribution >= 4 is 38.4 Å². The largest absolute Gasteiger partial charge is 0.480 e. The number of anilines is 1. The number of amides is 1. The number of carboxylic acids is 1. The van der Waals surface area contributed by atoms with Gasteiger partial charge in [-0.25, -0.2) is 8.42 Å². The monoisotopic (exact) mass is 483 g/mol. The highest BCUT2D eigenvalue weighted by atomic mass is 32.2. The van der Waals surface area contributed by atoms with Gasteiger partial charge in [-0.1, -0.05) is 42.5 Å². The number of hydrogen-bond donors (Lipinski definition) is 4. The topological polar surface area (TPSA) is 148 Å². The van der Waals surface area contributed by atoms with E-state index in [9.17, 15) is 23.1 Å². The van der Waals surface area contributed by atoms with E-state index in [1.165, 1.54) is 6.07 Å². The summed E-state index contributed by atoms with van der Waals surface area (Å²) in [5.74, 6) is -1.15. The number of aliphatic carboxylic acids is 1. The number of carboxylic acid groups (broad SMARTS) is 1.